The number of piperidine rings is 1. The van der Waals surface area contributed by atoms with Crippen LogP contribution in [0.25, 0.3) is 11.4 Å². The van der Waals surface area contributed by atoms with E-state index in [2.05, 4.69) is 35.4 Å². The number of pyridine rings is 1. The number of carbonyl (C=O) groups is 6. The van der Waals surface area contributed by atoms with E-state index in [1.54, 1.807) is 30.6 Å². The van der Waals surface area contributed by atoms with E-state index in [-0.39, 0.29) is 95.1 Å². The van der Waals surface area contributed by atoms with Crippen molar-refractivity contribution in [2.75, 3.05) is 70.0 Å². The number of aromatic amines is 2. The fraction of sp³-hybridized carbons (Fsp3) is 0.477. The van der Waals surface area contributed by atoms with Gasteiger partial charge in [-0.15, -0.1) is 0 Å². The van der Waals surface area contributed by atoms with Crippen molar-refractivity contribution in [3.63, 3.8) is 0 Å². The van der Waals surface area contributed by atoms with Crippen LogP contribution in [0.2, 0.25) is 5.02 Å². The first kappa shape index (κ1) is 53.4. The molecular weight excluding hydrogens is 976 g/mol. The minimum Gasteiger partial charge on any atom is -0.475 e. The Bertz CT molecular complexity index is 2600. The van der Waals surface area contributed by atoms with Crippen molar-refractivity contribution in [3.8, 4) is 11.4 Å². The van der Waals surface area contributed by atoms with Crippen molar-refractivity contribution < 1.29 is 70.1 Å². The number of anilines is 2. The summed E-state index contributed by atoms with van der Waals surface area (Å²) in [4.78, 5) is 92.3. The van der Waals surface area contributed by atoms with Gasteiger partial charge in [0.1, 0.15) is 11.5 Å². The lowest BCUT2D eigenvalue weighted by molar-refractivity contribution is -0.192. The number of nitrogens with two attached hydrogens (primary N) is 1. The van der Waals surface area contributed by atoms with Crippen LogP contribution in [0, 0.1) is 17.8 Å². The number of carboxylic acid groups (broad SMARTS) is 2. The zero-order chi connectivity index (χ0) is 52.2. The number of hydrogen-bond donors (Lipinski definition) is 6. The predicted molar refractivity (Wildman–Crippen MR) is 240 cm³/mol. The summed E-state index contributed by atoms with van der Waals surface area (Å²) >= 11 is 6.56. The second kappa shape index (κ2) is 21.6. The van der Waals surface area contributed by atoms with Gasteiger partial charge in [-0.25, -0.2) is 14.6 Å². The molecule has 20 nitrogen and oxygen atoms in total. The van der Waals surface area contributed by atoms with E-state index in [1.807, 2.05) is 0 Å². The number of ether oxygens (including phenoxy) is 1. The van der Waals surface area contributed by atoms with Crippen molar-refractivity contribution in [1.29, 1.82) is 0 Å². The summed E-state index contributed by atoms with van der Waals surface area (Å²) in [5, 5.41) is 24.8. The molecule has 0 radical (unpaired) electrons. The zero-order valence-corrected chi connectivity index (χ0v) is 39.1. The molecule has 6 heterocycles. The number of likely N-dealkylation sites (tertiary alicyclic amines) is 2. The summed E-state index contributed by atoms with van der Waals surface area (Å²) in [5.41, 5.74) is 4.63. The smallest absolute Gasteiger partial charge is 0.475 e. The second-order valence-corrected chi connectivity index (χ2v) is 18.5. The molecule has 0 unspecified atom stereocenters. The minimum atomic E-state index is -5.08. The zero-order valence-electron chi connectivity index (χ0n) is 38.4. The Kier molecular flexibility index (Phi) is 16.2. The highest BCUT2D eigenvalue weighted by atomic mass is 35.5. The Balaban J connectivity index is 0.00000110. The molecule has 7 rings (SSSR count). The van der Waals surface area contributed by atoms with Gasteiger partial charge in [0.05, 0.1) is 33.9 Å². The van der Waals surface area contributed by atoms with Crippen LogP contribution in [0.15, 0.2) is 42.7 Å². The molecule has 3 aromatic heterocycles. The Morgan fingerprint density at radius 1 is 0.887 bits per heavy atom. The van der Waals surface area contributed by atoms with E-state index in [0.717, 1.165) is 6.54 Å². The number of imidazole rings is 1. The van der Waals surface area contributed by atoms with E-state index in [9.17, 15) is 50.3 Å². The Labute approximate surface area is 405 Å². The van der Waals surface area contributed by atoms with Crippen LogP contribution in [-0.4, -0.2) is 161 Å². The van der Waals surface area contributed by atoms with Crippen LogP contribution >= 0.6 is 11.6 Å². The fourth-order valence-corrected chi connectivity index (χ4v) is 8.54. The summed E-state index contributed by atoms with van der Waals surface area (Å²) in [6.07, 6.45) is -7.35. The van der Waals surface area contributed by atoms with Gasteiger partial charge in [-0.05, 0) is 83.0 Å². The number of alkyl halides is 6. The number of halogens is 7. The first-order valence-electron chi connectivity index (χ1n) is 22.0. The Morgan fingerprint density at radius 3 is 2.07 bits per heavy atom. The SMILES string of the molecule is CC(C)(C)OC(=O)[C@@H](C(=O)N1CCN(C(=O)c2ccc(NC(=O)c3ncc(Cc4c(C(F)(F)F)n[nH]c4-c4ccc(N)cn4)[nH]3)cc2Cl)CC1)C1CCN(CC2CN(C(=O)O)C2)CC1.O=C(O)C(F)(F)F. The number of nitrogens with zero attached hydrogens (tertiary/aromatic N) is 7. The summed E-state index contributed by atoms with van der Waals surface area (Å²) < 4.78 is 79.2. The van der Waals surface area contributed by atoms with Gasteiger partial charge >= 0.3 is 30.4 Å². The first-order valence-corrected chi connectivity index (χ1v) is 22.4. The minimum absolute atomic E-state index is 0.0292. The lowest BCUT2D eigenvalue weighted by Crippen LogP contribution is -2.56. The molecule has 3 aliphatic heterocycles. The van der Waals surface area contributed by atoms with Crippen LogP contribution in [0.5, 0.6) is 0 Å². The lowest BCUT2D eigenvalue weighted by Gasteiger charge is -2.43. The van der Waals surface area contributed by atoms with E-state index >= 15 is 0 Å². The van der Waals surface area contributed by atoms with Gasteiger partial charge in [0.25, 0.3) is 11.8 Å². The lowest BCUT2D eigenvalue weighted by atomic mass is 9.82. The number of H-pyrrole nitrogens is 2. The molecule has 0 spiro atoms. The molecule has 384 valence electrons. The highest BCUT2D eigenvalue weighted by Gasteiger charge is 2.44. The number of aromatic nitrogens is 5. The molecule has 3 fully saturated rings. The highest BCUT2D eigenvalue weighted by molar-refractivity contribution is 6.34. The molecule has 0 aliphatic carbocycles. The molecule has 7 N–H and O–H groups in total. The summed E-state index contributed by atoms with van der Waals surface area (Å²) in [6.45, 7) is 9.06. The van der Waals surface area contributed by atoms with Gasteiger partial charge in [0, 0.05) is 81.3 Å². The maximum Gasteiger partial charge on any atom is 0.490 e. The van der Waals surface area contributed by atoms with Gasteiger partial charge in [-0.2, -0.15) is 31.4 Å². The van der Waals surface area contributed by atoms with Crippen molar-refractivity contribution in [2.24, 2.45) is 17.8 Å². The molecular formula is C44H50ClF6N11O9. The number of amides is 4. The number of benzene rings is 1. The van der Waals surface area contributed by atoms with Crippen LogP contribution in [-0.2, 0) is 31.7 Å². The largest absolute Gasteiger partial charge is 0.490 e. The second-order valence-electron chi connectivity index (χ2n) is 18.1. The fourth-order valence-electron chi connectivity index (χ4n) is 8.28. The van der Waals surface area contributed by atoms with Crippen molar-refractivity contribution >= 4 is 58.7 Å². The van der Waals surface area contributed by atoms with E-state index in [0.29, 0.717) is 44.7 Å². The average molecular weight is 1030 g/mol. The molecule has 3 saturated heterocycles. The predicted octanol–water partition coefficient (Wildman–Crippen LogP) is 5.49. The van der Waals surface area contributed by atoms with Crippen LogP contribution < -0.4 is 11.1 Å². The number of rotatable bonds is 11. The number of piperazine rings is 1. The third kappa shape index (κ3) is 13.7. The number of nitrogens with one attached hydrogen (secondary N) is 3. The van der Waals surface area contributed by atoms with Crippen molar-refractivity contribution in [3.05, 3.63) is 76.1 Å². The van der Waals surface area contributed by atoms with Crippen LogP contribution in [0.4, 0.5) is 42.5 Å². The molecule has 0 saturated carbocycles. The standard InChI is InChI=1S/C42H49ClF3N11O7.C2HF3O2/c1-41(2,3)64-39(61)32(24-8-10-54(11-9-24)20-23-21-57(22-23)40(62)63)38(60)56-14-12-55(13-15-56)37(59)28-6-5-26(17-30(28)43)51-36(58)35-49-19-27(50-35)16-29-33(31-7-4-25(47)18-48-31)52-53-34(29)42(44,45)46;3-2(4,5)1(6)7/h4-7,17-19,23-24,32H,8-16,20-22,47H2,1-3H3,(H,49,50)(H,51,58)(H,52,53)(H,62,63);(H,6,7)/t32-;/m1./s1. The molecule has 4 amide bonds. The molecule has 0 bridgehead atoms. The third-order valence-corrected chi connectivity index (χ3v) is 12.1. The number of carboxylic acids is 1. The van der Waals surface area contributed by atoms with E-state index < -0.39 is 59.4 Å². The molecule has 4 aromatic rings. The van der Waals surface area contributed by atoms with Gasteiger partial charge in [-0.1, -0.05) is 11.6 Å². The van der Waals surface area contributed by atoms with Gasteiger partial charge in [0.2, 0.25) is 5.91 Å². The number of nitrogen functional groups attached to an aromatic ring is 1. The number of esters is 1. The quantitative estimate of drug-likeness (QED) is 0.0616. The first-order chi connectivity index (χ1) is 33.2. The topological polar surface area (TPSA) is 273 Å². The molecule has 3 aliphatic rings. The normalized spacial score (nSPS) is 16.6. The van der Waals surface area contributed by atoms with Gasteiger partial charge in [-0.3, -0.25) is 29.3 Å². The van der Waals surface area contributed by atoms with E-state index in [1.165, 1.54) is 47.6 Å². The third-order valence-electron chi connectivity index (χ3n) is 11.7. The van der Waals surface area contributed by atoms with Crippen LogP contribution in [0.1, 0.15) is 71.5 Å². The molecule has 1 atom stereocenters. The monoisotopic (exact) mass is 1030 g/mol. The maximum atomic E-state index is 14.1. The van der Waals surface area contributed by atoms with E-state index in [4.69, 9.17) is 37.1 Å². The summed E-state index contributed by atoms with van der Waals surface area (Å²) in [6, 6.07) is 7.27. The Morgan fingerprint density at radius 2 is 1.52 bits per heavy atom. The summed E-state index contributed by atoms with van der Waals surface area (Å²) in [5.74, 6) is -5.99. The number of aliphatic carboxylic acids is 1. The van der Waals surface area contributed by atoms with Crippen molar-refractivity contribution in [1.82, 2.24) is 44.7 Å². The van der Waals surface area contributed by atoms with Gasteiger partial charge < -0.3 is 50.6 Å². The van der Waals surface area contributed by atoms with Gasteiger partial charge in [0.15, 0.2) is 11.5 Å². The number of hydrogen-bond acceptors (Lipinski definition) is 12. The number of carbonyl (C=O) groups excluding carboxylic acids is 4. The molecule has 27 heteroatoms. The van der Waals surface area contributed by atoms with Crippen molar-refractivity contribution in [2.45, 2.75) is 58.0 Å². The molecule has 1 aromatic carbocycles. The highest BCUT2D eigenvalue weighted by Crippen LogP contribution is 2.36. The molecule has 71 heavy (non-hydrogen) atoms. The summed E-state index contributed by atoms with van der Waals surface area (Å²) in [7, 11) is 0. The average Bonchev–Trinajstić information content (AvgIpc) is 3.93. The van der Waals surface area contributed by atoms with Crippen LogP contribution in [0.3, 0.4) is 0 Å². The Hall–Kier alpha value is -6.96. The maximum absolute atomic E-state index is 14.1.